The second kappa shape index (κ2) is 8.67. The average Bonchev–Trinajstić information content (AvgIpc) is 3.11. The first-order valence-electron chi connectivity index (χ1n) is 9.28. The van der Waals surface area contributed by atoms with Gasteiger partial charge in [-0.15, -0.1) is 0 Å². The van der Waals surface area contributed by atoms with Gasteiger partial charge in [-0.1, -0.05) is 19.3 Å². The third kappa shape index (κ3) is 4.60. The van der Waals surface area contributed by atoms with Gasteiger partial charge < -0.3 is 25.0 Å². The fourth-order valence-electron chi connectivity index (χ4n) is 3.77. The van der Waals surface area contributed by atoms with E-state index in [1.807, 2.05) is 0 Å². The minimum absolute atomic E-state index is 0.0829. The Bertz CT molecular complexity index is 434. The molecule has 0 spiro atoms. The van der Waals surface area contributed by atoms with Crippen LogP contribution in [0.5, 0.6) is 0 Å². The summed E-state index contributed by atoms with van der Waals surface area (Å²) in [6.07, 6.45) is 7.23. The van der Waals surface area contributed by atoms with E-state index in [1.54, 1.807) is 4.90 Å². The summed E-state index contributed by atoms with van der Waals surface area (Å²) in [5.74, 6) is -0.0829. The van der Waals surface area contributed by atoms with Gasteiger partial charge in [-0.25, -0.2) is 4.79 Å². The Morgan fingerprint density at radius 2 is 1.88 bits per heavy atom. The van der Waals surface area contributed by atoms with E-state index in [1.165, 1.54) is 19.3 Å². The van der Waals surface area contributed by atoms with Crippen LogP contribution in [0.1, 0.15) is 44.9 Å². The van der Waals surface area contributed by atoms with Gasteiger partial charge >= 0.3 is 6.03 Å². The molecule has 0 aromatic carbocycles. The molecule has 2 heterocycles. The molecule has 24 heavy (non-hydrogen) atoms. The van der Waals surface area contributed by atoms with Gasteiger partial charge in [0.1, 0.15) is 6.04 Å². The number of urea groups is 1. The maximum Gasteiger partial charge on any atom is 0.318 e. The van der Waals surface area contributed by atoms with Crippen LogP contribution in [0.4, 0.5) is 4.79 Å². The highest BCUT2D eigenvalue weighted by atomic mass is 16.6. The summed E-state index contributed by atoms with van der Waals surface area (Å²) in [6, 6.07) is -0.182. The van der Waals surface area contributed by atoms with Crippen LogP contribution >= 0.6 is 0 Å². The summed E-state index contributed by atoms with van der Waals surface area (Å²) in [5.41, 5.74) is 0. The van der Waals surface area contributed by atoms with Gasteiger partial charge in [-0.05, 0) is 25.7 Å². The number of hydrogen-bond donors (Lipinski definition) is 2. The molecule has 0 unspecified atom stereocenters. The van der Waals surface area contributed by atoms with E-state index in [0.29, 0.717) is 32.9 Å². The van der Waals surface area contributed by atoms with Crippen molar-refractivity contribution in [3.63, 3.8) is 0 Å². The van der Waals surface area contributed by atoms with E-state index in [2.05, 4.69) is 10.6 Å². The first kappa shape index (κ1) is 17.5. The van der Waals surface area contributed by atoms with Gasteiger partial charge in [-0.2, -0.15) is 0 Å². The molecular weight excluding hydrogens is 310 g/mol. The molecule has 7 heteroatoms. The fraction of sp³-hybridized carbons (Fsp3) is 0.882. The molecular formula is C17H29N3O4. The van der Waals surface area contributed by atoms with Crippen LogP contribution in [0, 0.1) is 0 Å². The maximum atomic E-state index is 12.5. The van der Waals surface area contributed by atoms with Gasteiger partial charge in [0, 0.05) is 19.1 Å². The van der Waals surface area contributed by atoms with Crippen molar-refractivity contribution >= 4 is 11.9 Å². The number of nitrogens with one attached hydrogen (secondary N) is 2. The lowest BCUT2D eigenvalue weighted by atomic mass is 9.96. The van der Waals surface area contributed by atoms with Crippen molar-refractivity contribution in [2.45, 2.75) is 63.1 Å². The van der Waals surface area contributed by atoms with Crippen molar-refractivity contribution in [2.75, 3.05) is 32.9 Å². The van der Waals surface area contributed by atoms with Gasteiger partial charge in [-0.3, -0.25) is 4.79 Å². The topological polar surface area (TPSA) is 79.9 Å². The number of carbonyl (C=O) groups is 2. The first-order chi connectivity index (χ1) is 11.7. The second-order valence-corrected chi connectivity index (χ2v) is 6.95. The molecule has 0 radical (unpaired) electrons. The standard InChI is InChI=1S/C17H29N3O4/c21-16(18-11-14-12-23-9-10-24-14)15-7-4-8-20(15)17(22)19-13-5-2-1-3-6-13/h13-15H,1-12H2,(H,18,21)(H,19,22)/t14-,15-/m1/s1. The second-order valence-electron chi connectivity index (χ2n) is 6.95. The third-order valence-electron chi connectivity index (χ3n) is 5.14. The van der Waals surface area contributed by atoms with Crippen LogP contribution in [-0.2, 0) is 14.3 Å². The van der Waals surface area contributed by atoms with Crippen LogP contribution < -0.4 is 10.6 Å². The molecule has 7 nitrogen and oxygen atoms in total. The molecule has 2 saturated heterocycles. The molecule has 1 saturated carbocycles. The molecule has 0 aromatic heterocycles. The summed E-state index contributed by atoms with van der Waals surface area (Å²) in [6.45, 7) is 2.78. The Kier molecular flexibility index (Phi) is 6.31. The van der Waals surface area contributed by atoms with E-state index >= 15 is 0 Å². The zero-order valence-corrected chi connectivity index (χ0v) is 14.3. The summed E-state index contributed by atoms with van der Waals surface area (Å²) in [7, 11) is 0. The number of amides is 3. The summed E-state index contributed by atoms with van der Waals surface area (Å²) < 4.78 is 10.9. The molecule has 2 N–H and O–H groups in total. The van der Waals surface area contributed by atoms with Crippen LogP contribution in [0.3, 0.4) is 0 Å². The molecule has 3 amide bonds. The Morgan fingerprint density at radius 1 is 1.04 bits per heavy atom. The first-order valence-corrected chi connectivity index (χ1v) is 9.28. The molecule has 3 rings (SSSR count). The molecule has 2 atom stereocenters. The number of likely N-dealkylation sites (tertiary alicyclic amines) is 1. The largest absolute Gasteiger partial charge is 0.376 e. The molecule has 136 valence electrons. The number of hydrogen-bond acceptors (Lipinski definition) is 4. The molecule has 2 aliphatic heterocycles. The normalized spacial score (nSPS) is 28.6. The monoisotopic (exact) mass is 339 g/mol. The lowest BCUT2D eigenvalue weighted by molar-refractivity contribution is -0.127. The van der Waals surface area contributed by atoms with Crippen LogP contribution in [0.2, 0.25) is 0 Å². The summed E-state index contributed by atoms with van der Waals surface area (Å²) >= 11 is 0. The van der Waals surface area contributed by atoms with Crippen molar-refractivity contribution < 1.29 is 19.1 Å². The Balaban J connectivity index is 1.46. The maximum absolute atomic E-state index is 12.5. The molecule has 0 aromatic rings. The Labute approximate surface area is 143 Å². The van der Waals surface area contributed by atoms with E-state index < -0.39 is 0 Å². The van der Waals surface area contributed by atoms with Crippen molar-refractivity contribution in [3.8, 4) is 0 Å². The van der Waals surface area contributed by atoms with Gasteiger partial charge in [0.15, 0.2) is 0 Å². The highest BCUT2D eigenvalue weighted by molar-refractivity contribution is 5.87. The van der Waals surface area contributed by atoms with Crippen LogP contribution in [0.25, 0.3) is 0 Å². The lowest BCUT2D eigenvalue weighted by Crippen LogP contribution is -2.53. The highest BCUT2D eigenvalue weighted by Crippen LogP contribution is 2.21. The van der Waals surface area contributed by atoms with Gasteiger partial charge in [0.25, 0.3) is 0 Å². The number of rotatable bonds is 4. The number of carbonyl (C=O) groups excluding carboxylic acids is 2. The number of ether oxygens (including phenoxy) is 2. The molecule has 1 aliphatic carbocycles. The lowest BCUT2D eigenvalue weighted by Gasteiger charge is -2.29. The smallest absolute Gasteiger partial charge is 0.318 e. The zero-order chi connectivity index (χ0) is 16.8. The van der Waals surface area contributed by atoms with Gasteiger partial charge in [0.05, 0.1) is 25.9 Å². The molecule has 3 aliphatic rings. The van der Waals surface area contributed by atoms with Crippen molar-refractivity contribution in [1.82, 2.24) is 15.5 Å². The zero-order valence-electron chi connectivity index (χ0n) is 14.3. The quantitative estimate of drug-likeness (QED) is 0.802. The Morgan fingerprint density at radius 3 is 2.62 bits per heavy atom. The minimum atomic E-state index is -0.363. The number of nitrogens with zero attached hydrogens (tertiary/aromatic N) is 1. The van der Waals surface area contributed by atoms with E-state index in [9.17, 15) is 9.59 Å². The molecule has 3 fully saturated rings. The minimum Gasteiger partial charge on any atom is -0.376 e. The van der Waals surface area contributed by atoms with Crippen LogP contribution in [0.15, 0.2) is 0 Å². The van der Waals surface area contributed by atoms with E-state index in [-0.39, 0.29) is 30.1 Å². The van der Waals surface area contributed by atoms with Crippen molar-refractivity contribution in [1.29, 1.82) is 0 Å². The van der Waals surface area contributed by atoms with E-state index in [4.69, 9.17) is 9.47 Å². The highest BCUT2D eigenvalue weighted by Gasteiger charge is 2.35. The van der Waals surface area contributed by atoms with Crippen LogP contribution in [-0.4, -0.2) is 67.9 Å². The Hall–Kier alpha value is -1.34. The van der Waals surface area contributed by atoms with Crippen molar-refractivity contribution in [2.24, 2.45) is 0 Å². The van der Waals surface area contributed by atoms with Gasteiger partial charge in [0.2, 0.25) is 5.91 Å². The fourth-order valence-corrected chi connectivity index (χ4v) is 3.77. The average molecular weight is 339 g/mol. The molecule has 0 bridgehead atoms. The predicted octanol–water partition coefficient (Wildman–Crippen LogP) is 1.02. The summed E-state index contributed by atoms with van der Waals surface area (Å²) in [4.78, 5) is 26.7. The van der Waals surface area contributed by atoms with Crippen molar-refractivity contribution in [3.05, 3.63) is 0 Å². The SMILES string of the molecule is O=C(NC[C@@H]1COCCO1)[C@H]1CCCN1C(=O)NC1CCCCC1. The predicted molar refractivity (Wildman–Crippen MR) is 88.7 cm³/mol. The van der Waals surface area contributed by atoms with E-state index in [0.717, 1.165) is 25.7 Å². The third-order valence-corrected chi connectivity index (χ3v) is 5.14. The summed E-state index contributed by atoms with van der Waals surface area (Å²) in [5, 5.41) is 6.03.